The second-order valence-electron chi connectivity index (χ2n) is 5.51. The van der Waals surface area contributed by atoms with E-state index in [2.05, 4.69) is 9.72 Å². The van der Waals surface area contributed by atoms with Gasteiger partial charge in [-0.25, -0.2) is 4.98 Å². The summed E-state index contributed by atoms with van der Waals surface area (Å²) in [5.74, 6) is -1.27. The Labute approximate surface area is 136 Å². The van der Waals surface area contributed by atoms with E-state index in [0.29, 0.717) is 5.39 Å². The summed E-state index contributed by atoms with van der Waals surface area (Å²) in [4.78, 5) is 41.1. The van der Waals surface area contributed by atoms with Crippen molar-refractivity contribution in [3.8, 4) is 0 Å². The van der Waals surface area contributed by atoms with Gasteiger partial charge in [0.25, 0.3) is 11.5 Å². The summed E-state index contributed by atoms with van der Waals surface area (Å²) in [6, 6.07) is 0. The number of ether oxygens (including phenoxy) is 1. The number of aryl methyl sites for hydroxylation is 3. The molecule has 0 saturated carbocycles. The van der Waals surface area contributed by atoms with Crippen molar-refractivity contribution in [3.05, 3.63) is 27.1 Å². The molecular formula is C15H17N3O4S. The average Bonchev–Trinajstić information content (AvgIpc) is 2.91. The van der Waals surface area contributed by atoms with Crippen LogP contribution in [-0.4, -0.2) is 28.0 Å². The number of carbonyl (C=O) groups excluding carboxylic acids is 2. The summed E-state index contributed by atoms with van der Waals surface area (Å²) in [6.45, 7) is -0.271. The standard InChI is InChI=1S/C15H17N3O4S/c16-11(19)7-22-12(20)5-6-18-8-17-14-13(15(18)21)9-3-1-2-4-10(9)23-14/h8H,1-7H2,(H2,16,19). The number of hydrogen-bond donors (Lipinski definition) is 1. The third kappa shape index (κ3) is 3.26. The fourth-order valence-corrected chi connectivity index (χ4v) is 4.00. The Morgan fingerprint density at radius 2 is 2.13 bits per heavy atom. The number of amides is 1. The summed E-state index contributed by atoms with van der Waals surface area (Å²) in [5.41, 5.74) is 5.92. The van der Waals surface area contributed by atoms with Crippen LogP contribution in [0.5, 0.6) is 0 Å². The van der Waals surface area contributed by atoms with Crippen LogP contribution in [0.2, 0.25) is 0 Å². The van der Waals surface area contributed by atoms with Gasteiger partial charge in [0.05, 0.1) is 18.1 Å². The van der Waals surface area contributed by atoms with Crippen LogP contribution in [0.4, 0.5) is 0 Å². The third-order valence-corrected chi connectivity index (χ3v) is 5.07. The molecule has 1 aliphatic rings. The molecular weight excluding hydrogens is 318 g/mol. The molecule has 0 aromatic carbocycles. The first-order valence-corrected chi connectivity index (χ1v) is 8.31. The van der Waals surface area contributed by atoms with E-state index in [1.165, 1.54) is 15.8 Å². The number of primary amides is 1. The van der Waals surface area contributed by atoms with Gasteiger partial charge in [0.15, 0.2) is 6.61 Å². The van der Waals surface area contributed by atoms with Gasteiger partial charge in [0, 0.05) is 11.4 Å². The topological polar surface area (TPSA) is 104 Å². The lowest BCUT2D eigenvalue weighted by atomic mass is 9.97. The Balaban J connectivity index is 1.79. The third-order valence-electron chi connectivity index (χ3n) is 3.87. The van der Waals surface area contributed by atoms with Crippen LogP contribution >= 0.6 is 11.3 Å². The predicted molar refractivity (Wildman–Crippen MR) is 85.3 cm³/mol. The summed E-state index contributed by atoms with van der Waals surface area (Å²) in [7, 11) is 0. The number of aromatic nitrogens is 2. The van der Waals surface area contributed by atoms with E-state index in [9.17, 15) is 14.4 Å². The van der Waals surface area contributed by atoms with Crippen LogP contribution < -0.4 is 11.3 Å². The SMILES string of the molecule is NC(=O)COC(=O)CCn1cnc2sc3c(c2c1=O)CCCC3. The zero-order valence-corrected chi connectivity index (χ0v) is 13.4. The van der Waals surface area contributed by atoms with Crippen molar-refractivity contribution in [1.29, 1.82) is 0 Å². The average molecular weight is 335 g/mol. The van der Waals surface area contributed by atoms with Crippen LogP contribution in [0.3, 0.4) is 0 Å². The molecule has 0 saturated heterocycles. The molecule has 3 rings (SSSR count). The second-order valence-corrected chi connectivity index (χ2v) is 6.59. The highest BCUT2D eigenvalue weighted by atomic mass is 32.1. The number of nitrogens with zero attached hydrogens (tertiary/aromatic N) is 2. The Morgan fingerprint density at radius 1 is 1.35 bits per heavy atom. The number of carbonyl (C=O) groups is 2. The Kier molecular flexibility index (Phi) is 4.42. The first-order chi connectivity index (χ1) is 11.1. The maximum Gasteiger partial charge on any atom is 0.308 e. The number of esters is 1. The minimum absolute atomic E-state index is 0.00724. The van der Waals surface area contributed by atoms with Crippen molar-refractivity contribution in [1.82, 2.24) is 9.55 Å². The minimum Gasteiger partial charge on any atom is -0.456 e. The van der Waals surface area contributed by atoms with Crippen molar-refractivity contribution in [3.63, 3.8) is 0 Å². The lowest BCUT2D eigenvalue weighted by Crippen LogP contribution is -2.24. The summed E-state index contributed by atoms with van der Waals surface area (Å²) >= 11 is 1.59. The minimum atomic E-state index is -0.705. The first kappa shape index (κ1) is 15.7. The molecule has 122 valence electrons. The molecule has 2 aromatic heterocycles. The molecule has 7 nitrogen and oxygen atoms in total. The maximum atomic E-state index is 12.6. The Morgan fingerprint density at radius 3 is 2.91 bits per heavy atom. The van der Waals surface area contributed by atoms with Gasteiger partial charge < -0.3 is 10.5 Å². The van der Waals surface area contributed by atoms with Crippen LogP contribution in [-0.2, 0) is 33.7 Å². The van der Waals surface area contributed by atoms with E-state index in [1.807, 2.05) is 0 Å². The zero-order valence-electron chi connectivity index (χ0n) is 12.5. The maximum absolute atomic E-state index is 12.6. The summed E-state index contributed by atoms with van der Waals surface area (Å²) in [5, 5.41) is 0.692. The number of thiophene rings is 1. The molecule has 0 fully saturated rings. The zero-order chi connectivity index (χ0) is 16.4. The van der Waals surface area contributed by atoms with E-state index < -0.39 is 18.5 Å². The molecule has 0 unspecified atom stereocenters. The van der Waals surface area contributed by atoms with Crippen molar-refractivity contribution in [2.24, 2.45) is 5.73 Å². The molecule has 0 bridgehead atoms. The van der Waals surface area contributed by atoms with E-state index >= 15 is 0 Å². The van der Waals surface area contributed by atoms with Gasteiger partial charge in [0.1, 0.15) is 4.83 Å². The van der Waals surface area contributed by atoms with Crippen molar-refractivity contribution < 1.29 is 14.3 Å². The molecule has 1 amide bonds. The molecule has 0 atom stereocenters. The van der Waals surface area contributed by atoms with Crippen LogP contribution in [0, 0.1) is 0 Å². The van der Waals surface area contributed by atoms with Gasteiger partial charge in [-0.15, -0.1) is 11.3 Å². The quantitative estimate of drug-likeness (QED) is 0.812. The van der Waals surface area contributed by atoms with Crippen LogP contribution in [0.25, 0.3) is 10.2 Å². The Hall–Kier alpha value is -2.22. The molecule has 2 aromatic rings. The number of nitrogens with two attached hydrogens (primary N) is 1. The van der Waals surface area contributed by atoms with Gasteiger partial charge in [-0.05, 0) is 31.2 Å². The van der Waals surface area contributed by atoms with E-state index in [1.54, 1.807) is 11.3 Å². The summed E-state index contributed by atoms with van der Waals surface area (Å²) < 4.78 is 6.11. The highest BCUT2D eigenvalue weighted by Crippen LogP contribution is 2.33. The Bertz CT molecular complexity index is 824. The predicted octanol–water partition coefficient (Wildman–Crippen LogP) is 0.755. The largest absolute Gasteiger partial charge is 0.456 e. The van der Waals surface area contributed by atoms with E-state index in [4.69, 9.17) is 5.73 Å². The van der Waals surface area contributed by atoms with E-state index in [0.717, 1.165) is 36.1 Å². The van der Waals surface area contributed by atoms with Crippen molar-refractivity contribution >= 4 is 33.4 Å². The fourth-order valence-electron chi connectivity index (χ4n) is 2.78. The van der Waals surface area contributed by atoms with E-state index in [-0.39, 0.29) is 18.5 Å². The highest BCUT2D eigenvalue weighted by Gasteiger charge is 2.20. The van der Waals surface area contributed by atoms with Gasteiger partial charge in [-0.2, -0.15) is 0 Å². The van der Waals surface area contributed by atoms with Crippen LogP contribution in [0.15, 0.2) is 11.1 Å². The van der Waals surface area contributed by atoms with Gasteiger partial charge in [0.2, 0.25) is 0 Å². The lowest BCUT2D eigenvalue weighted by molar-refractivity contribution is -0.147. The number of rotatable bonds is 5. The van der Waals surface area contributed by atoms with Gasteiger partial charge >= 0.3 is 5.97 Å². The molecule has 2 N–H and O–H groups in total. The second kappa shape index (κ2) is 6.49. The highest BCUT2D eigenvalue weighted by molar-refractivity contribution is 7.18. The molecule has 0 aliphatic heterocycles. The molecule has 2 heterocycles. The molecule has 8 heteroatoms. The summed E-state index contributed by atoms with van der Waals surface area (Å²) in [6.07, 6.45) is 5.62. The van der Waals surface area contributed by atoms with Crippen molar-refractivity contribution in [2.75, 3.05) is 6.61 Å². The monoisotopic (exact) mass is 335 g/mol. The number of fused-ring (bicyclic) bond motifs is 3. The smallest absolute Gasteiger partial charge is 0.308 e. The fraction of sp³-hybridized carbons (Fsp3) is 0.467. The van der Waals surface area contributed by atoms with Crippen LogP contribution in [0.1, 0.15) is 29.7 Å². The molecule has 1 aliphatic carbocycles. The normalized spacial score (nSPS) is 13.7. The number of hydrogen-bond acceptors (Lipinski definition) is 6. The first-order valence-electron chi connectivity index (χ1n) is 7.50. The molecule has 0 radical (unpaired) electrons. The lowest BCUT2D eigenvalue weighted by Gasteiger charge is -2.10. The molecule has 0 spiro atoms. The molecule has 23 heavy (non-hydrogen) atoms. The van der Waals surface area contributed by atoms with Gasteiger partial charge in [-0.1, -0.05) is 0 Å². The van der Waals surface area contributed by atoms with Gasteiger partial charge in [-0.3, -0.25) is 19.0 Å². The van der Waals surface area contributed by atoms with Crippen molar-refractivity contribution in [2.45, 2.75) is 38.6 Å².